The Morgan fingerprint density at radius 2 is 1.87 bits per heavy atom. The van der Waals surface area contributed by atoms with E-state index >= 15 is 0 Å². The highest BCUT2D eigenvalue weighted by Gasteiger charge is 2.23. The molecule has 2 aromatic heterocycles. The van der Waals surface area contributed by atoms with Gasteiger partial charge in [-0.3, -0.25) is 4.79 Å². The molecular formula is C21H27FN6OS. The van der Waals surface area contributed by atoms with E-state index in [0.29, 0.717) is 34.8 Å². The summed E-state index contributed by atoms with van der Waals surface area (Å²) in [5.74, 6) is 0.913. The maximum absolute atomic E-state index is 14.3. The van der Waals surface area contributed by atoms with Crippen LogP contribution in [0.15, 0.2) is 41.7 Å². The zero-order valence-corrected chi connectivity index (χ0v) is 18.7. The molecule has 7 nitrogen and oxygen atoms in total. The van der Waals surface area contributed by atoms with Crippen LogP contribution in [-0.2, 0) is 11.3 Å². The number of thioether (sulfide) groups is 1. The molecule has 2 heterocycles. The fraction of sp³-hybridized carbons (Fsp3) is 0.429. The average molecular weight is 431 g/mol. The van der Waals surface area contributed by atoms with Crippen molar-refractivity contribution in [2.24, 2.45) is 5.92 Å². The smallest absolute Gasteiger partial charge is 0.238 e. The van der Waals surface area contributed by atoms with Gasteiger partial charge in [-0.2, -0.15) is 5.10 Å². The Morgan fingerprint density at radius 3 is 2.53 bits per heavy atom. The number of carbonyl (C=O) groups is 1. The molecule has 3 rings (SSSR count). The number of hydrogen-bond acceptors (Lipinski definition) is 5. The van der Waals surface area contributed by atoms with Crippen molar-refractivity contribution in [2.45, 2.75) is 57.6 Å². The Bertz CT molecular complexity index is 1010. The molecule has 0 aliphatic rings. The molecule has 0 bridgehead atoms. The van der Waals surface area contributed by atoms with E-state index in [1.54, 1.807) is 35.1 Å². The number of aromatic nitrogens is 5. The average Bonchev–Trinajstić information content (AvgIpc) is 3.29. The van der Waals surface area contributed by atoms with Gasteiger partial charge in [0.25, 0.3) is 0 Å². The zero-order valence-electron chi connectivity index (χ0n) is 17.8. The zero-order chi connectivity index (χ0) is 21.8. The number of halogens is 1. The van der Waals surface area contributed by atoms with E-state index in [9.17, 15) is 9.18 Å². The van der Waals surface area contributed by atoms with Crippen molar-refractivity contribution in [1.82, 2.24) is 24.5 Å². The first-order chi connectivity index (χ1) is 14.3. The molecule has 0 radical (unpaired) electrons. The van der Waals surface area contributed by atoms with Crippen molar-refractivity contribution < 1.29 is 9.18 Å². The summed E-state index contributed by atoms with van der Waals surface area (Å²) in [6, 6.07) is 8.42. The topological polar surface area (TPSA) is 77.6 Å². The van der Waals surface area contributed by atoms with Gasteiger partial charge in [0.2, 0.25) is 5.91 Å². The summed E-state index contributed by atoms with van der Waals surface area (Å²) in [7, 11) is 0. The van der Waals surface area contributed by atoms with Gasteiger partial charge < -0.3 is 9.88 Å². The van der Waals surface area contributed by atoms with Gasteiger partial charge in [-0.1, -0.05) is 37.7 Å². The van der Waals surface area contributed by atoms with Gasteiger partial charge in [-0.25, -0.2) is 9.07 Å². The first kappa shape index (κ1) is 22.0. The maximum atomic E-state index is 14.3. The molecular weight excluding hydrogens is 403 g/mol. The van der Waals surface area contributed by atoms with E-state index in [4.69, 9.17) is 0 Å². The van der Waals surface area contributed by atoms with Gasteiger partial charge in [0.1, 0.15) is 11.6 Å². The van der Waals surface area contributed by atoms with Crippen molar-refractivity contribution in [3.05, 3.63) is 42.3 Å². The lowest BCUT2D eigenvalue weighted by molar-refractivity contribution is -0.115. The molecule has 1 amide bonds. The van der Waals surface area contributed by atoms with E-state index in [2.05, 4.69) is 34.5 Å². The normalized spacial score (nSPS) is 12.5. The monoisotopic (exact) mass is 430 g/mol. The Morgan fingerprint density at radius 1 is 1.13 bits per heavy atom. The summed E-state index contributed by atoms with van der Waals surface area (Å²) < 4.78 is 18.0. The summed E-state index contributed by atoms with van der Waals surface area (Å²) >= 11 is 1.30. The second kappa shape index (κ2) is 9.42. The standard InChI is InChI=1S/C21H27FN6OS/c1-13(2)12-27-19(16-8-6-7-9-17(16)22)25-26-21(27)30-15(5)20(29)24-18-10-11-23-28(18)14(3)4/h6-11,13-15H,12H2,1-5H3,(H,24,29). The third-order valence-corrected chi connectivity index (χ3v) is 5.52. The van der Waals surface area contributed by atoms with E-state index in [-0.39, 0.29) is 17.8 Å². The van der Waals surface area contributed by atoms with Crippen LogP contribution in [0.3, 0.4) is 0 Å². The van der Waals surface area contributed by atoms with Crippen LogP contribution in [0.2, 0.25) is 0 Å². The predicted molar refractivity (Wildman–Crippen MR) is 117 cm³/mol. The van der Waals surface area contributed by atoms with E-state index in [0.717, 1.165) is 0 Å². The van der Waals surface area contributed by atoms with Gasteiger partial charge in [-0.15, -0.1) is 10.2 Å². The minimum Gasteiger partial charge on any atom is -0.310 e. The van der Waals surface area contributed by atoms with E-state index in [1.165, 1.54) is 17.8 Å². The highest BCUT2D eigenvalue weighted by atomic mass is 32.2. The molecule has 160 valence electrons. The van der Waals surface area contributed by atoms with Gasteiger partial charge in [0.15, 0.2) is 11.0 Å². The molecule has 0 fully saturated rings. The summed E-state index contributed by atoms with van der Waals surface area (Å²) in [6.45, 7) is 10.6. The molecule has 1 atom stereocenters. The summed E-state index contributed by atoms with van der Waals surface area (Å²) in [5.41, 5.74) is 0.399. The molecule has 0 aliphatic carbocycles. The lowest BCUT2D eigenvalue weighted by Crippen LogP contribution is -2.25. The summed E-state index contributed by atoms with van der Waals surface area (Å²) in [5, 5.41) is 15.8. The molecule has 0 saturated heterocycles. The van der Waals surface area contributed by atoms with Crippen LogP contribution in [0.1, 0.15) is 40.7 Å². The minimum atomic E-state index is -0.427. The Kier molecular flexibility index (Phi) is 6.91. The molecule has 1 unspecified atom stereocenters. The summed E-state index contributed by atoms with van der Waals surface area (Å²) in [4.78, 5) is 12.8. The van der Waals surface area contributed by atoms with Crippen LogP contribution in [-0.4, -0.2) is 35.7 Å². The van der Waals surface area contributed by atoms with Gasteiger partial charge >= 0.3 is 0 Å². The molecule has 0 saturated carbocycles. The molecule has 0 spiro atoms. The van der Waals surface area contributed by atoms with Crippen LogP contribution in [0, 0.1) is 11.7 Å². The van der Waals surface area contributed by atoms with Crippen LogP contribution >= 0.6 is 11.8 Å². The van der Waals surface area contributed by atoms with Crippen LogP contribution in [0.5, 0.6) is 0 Å². The lowest BCUT2D eigenvalue weighted by Gasteiger charge is -2.16. The van der Waals surface area contributed by atoms with Crippen molar-refractivity contribution in [3.63, 3.8) is 0 Å². The number of carbonyl (C=O) groups excluding carboxylic acids is 1. The van der Waals surface area contributed by atoms with Crippen molar-refractivity contribution in [3.8, 4) is 11.4 Å². The third kappa shape index (κ3) is 4.89. The number of nitrogens with zero attached hydrogens (tertiary/aromatic N) is 5. The Labute approximate surface area is 180 Å². The number of hydrogen-bond donors (Lipinski definition) is 1. The van der Waals surface area contributed by atoms with Crippen molar-refractivity contribution in [2.75, 3.05) is 5.32 Å². The Hall–Kier alpha value is -2.68. The van der Waals surface area contributed by atoms with Gasteiger partial charge in [-0.05, 0) is 38.8 Å². The number of anilines is 1. The maximum Gasteiger partial charge on any atom is 0.238 e. The Balaban J connectivity index is 1.82. The fourth-order valence-corrected chi connectivity index (χ4v) is 3.87. The third-order valence-electron chi connectivity index (χ3n) is 4.44. The first-order valence-electron chi connectivity index (χ1n) is 9.97. The summed E-state index contributed by atoms with van der Waals surface area (Å²) in [6.07, 6.45) is 1.66. The molecule has 9 heteroatoms. The largest absolute Gasteiger partial charge is 0.310 e. The molecule has 0 aliphatic heterocycles. The minimum absolute atomic E-state index is 0.135. The van der Waals surface area contributed by atoms with Crippen LogP contribution in [0.25, 0.3) is 11.4 Å². The second-order valence-electron chi connectivity index (χ2n) is 7.79. The molecule has 1 N–H and O–H groups in total. The first-order valence-corrected chi connectivity index (χ1v) is 10.8. The highest BCUT2D eigenvalue weighted by molar-refractivity contribution is 8.00. The highest BCUT2D eigenvalue weighted by Crippen LogP contribution is 2.29. The fourth-order valence-electron chi connectivity index (χ4n) is 3.01. The van der Waals surface area contributed by atoms with E-state index in [1.807, 2.05) is 25.3 Å². The lowest BCUT2D eigenvalue weighted by atomic mass is 10.2. The number of nitrogens with one attached hydrogen (secondary N) is 1. The van der Waals surface area contributed by atoms with Gasteiger partial charge in [0.05, 0.1) is 17.0 Å². The van der Waals surface area contributed by atoms with E-state index < -0.39 is 5.25 Å². The number of amides is 1. The van der Waals surface area contributed by atoms with Crippen LogP contribution in [0.4, 0.5) is 10.2 Å². The number of rotatable bonds is 8. The quantitative estimate of drug-likeness (QED) is 0.527. The molecule has 30 heavy (non-hydrogen) atoms. The SMILES string of the molecule is CC(C)Cn1c(SC(C)C(=O)Nc2ccnn2C(C)C)nnc1-c1ccccc1F. The van der Waals surface area contributed by atoms with Crippen molar-refractivity contribution in [1.29, 1.82) is 0 Å². The van der Waals surface area contributed by atoms with Gasteiger partial charge in [0, 0.05) is 18.7 Å². The van der Waals surface area contributed by atoms with Crippen molar-refractivity contribution >= 4 is 23.5 Å². The molecule has 1 aromatic carbocycles. The van der Waals surface area contributed by atoms with Crippen LogP contribution < -0.4 is 5.32 Å². The second-order valence-corrected chi connectivity index (χ2v) is 9.10. The predicted octanol–water partition coefficient (Wildman–Crippen LogP) is 4.64. The molecule has 3 aromatic rings. The number of benzene rings is 1.